The van der Waals surface area contributed by atoms with E-state index in [0.717, 1.165) is 0 Å². The Kier molecular flexibility index (Phi) is 6.14. The molecule has 0 saturated heterocycles. The number of aromatic nitrogens is 1. The fraction of sp³-hybridized carbons (Fsp3) is 0.133. The normalized spacial score (nSPS) is 11.6. The lowest BCUT2D eigenvalue weighted by molar-refractivity contribution is -0.115. The van der Waals surface area contributed by atoms with Crippen molar-refractivity contribution in [3.05, 3.63) is 51.1 Å². The summed E-state index contributed by atoms with van der Waals surface area (Å²) in [6, 6.07) is 8.25. The molecule has 0 bridgehead atoms. The SMILES string of the molecule is CC(Sc1cc(C#N)ccn1)C(=O)Nc1c(Cl)cc(Cl)cc1Cl. The van der Waals surface area contributed by atoms with E-state index in [-0.39, 0.29) is 16.0 Å². The number of benzene rings is 1. The number of anilines is 1. The third-order valence-electron chi connectivity index (χ3n) is 2.79. The topological polar surface area (TPSA) is 65.8 Å². The molecule has 2 aromatic rings. The Bertz CT molecular complexity index is 769. The van der Waals surface area contributed by atoms with Gasteiger partial charge in [0, 0.05) is 11.2 Å². The third kappa shape index (κ3) is 4.76. The van der Waals surface area contributed by atoms with Gasteiger partial charge in [-0.25, -0.2) is 4.98 Å². The van der Waals surface area contributed by atoms with Crippen LogP contribution in [0.2, 0.25) is 15.1 Å². The van der Waals surface area contributed by atoms with E-state index in [1.807, 2.05) is 6.07 Å². The van der Waals surface area contributed by atoms with Crippen molar-refractivity contribution in [1.82, 2.24) is 4.98 Å². The molecule has 0 fully saturated rings. The molecule has 2 rings (SSSR count). The number of pyridine rings is 1. The number of hydrogen-bond acceptors (Lipinski definition) is 4. The lowest BCUT2D eigenvalue weighted by Gasteiger charge is -2.14. The van der Waals surface area contributed by atoms with E-state index in [1.165, 1.54) is 30.1 Å². The van der Waals surface area contributed by atoms with Crippen molar-refractivity contribution in [2.75, 3.05) is 5.32 Å². The molecule has 1 unspecified atom stereocenters. The summed E-state index contributed by atoms with van der Waals surface area (Å²) in [5.74, 6) is -0.287. The van der Waals surface area contributed by atoms with Crippen molar-refractivity contribution in [3.8, 4) is 6.07 Å². The first-order valence-corrected chi connectivity index (χ1v) is 8.40. The van der Waals surface area contributed by atoms with E-state index in [0.29, 0.717) is 21.3 Å². The van der Waals surface area contributed by atoms with Gasteiger partial charge in [-0.1, -0.05) is 46.6 Å². The second-order valence-corrected chi connectivity index (χ2v) is 7.10. The zero-order valence-corrected chi connectivity index (χ0v) is 14.9. The van der Waals surface area contributed by atoms with Gasteiger partial charge in [-0.3, -0.25) is 4.79 Å². The first-order chi connectivity index (χ1) is 10.9. The largest absolute Gasteiger partial charge is 0.323 e. The number of thioether (sulfide) groups is 1. The maximum atomic E-state index is 12.3. The molecule has 8 heteroatoms. The van der Waals surface area contributed by atoms with Crippen molar-refractivity contribution in [1.29, 1.82) is 5.26 Å². The van der Waals surface area contributed by atoms with Crippen LogP contribution in [0.4, 0.5) is 5.69 Å². The number of nitriles is 1. The molecule has 1 N–H and O–H groups in total. The fourth-order valence-corrected chi connectivity index (χ4v) is 3.42. The van der Waals surface area contributed by atoms with Crippen LogP contribution in [-0.4, -0.2) is 16.1 Å². The van der Waals surface area contributed by atoms with Gasteiger partial charge in [0.25, 0.3) is 0 Å². The molecule has 0 aliphatic carbocycles. The molecule has 1 heterocycles. The Morgan fingerprint density at radius 3 is 2.57 bits per heavy atom. The number of carbonyl (C=O) groups is 1. The number of nitrogens with one attached hydrogen (secondary N) is 1. The lowest BCUT2D eigenvalue weighted by atomic mass is 10.3. The predicted molar refractivity (Wildman–Crippen MR) is 94.4 cm³/mol. The summed E-state index contributed by atoms with van der Waals surface area (Å²) in [5, 5.41) is 12.6. The lowest BCUT2D eigenvalue weighted by Crippen LogP contribution is -2.22. The van der Waals surface area contributed by atoms with Gasteiger partial charge in [-0.05, 0) is 31.2 Å². The maximum Gasteiger partial charge on any atom is 0.237 e. The smallest absolute Gasteiger partial charge is 0.237 e. The second kappa shape index (κ2) is 7.89. The van der Waals surface area contributed by atoms with E-state index in [2.05, 4.69) is 10.3 Å². The van der Waals surface area contributed by atoms with Crippen LogP contribution < -0.4 is 5.32 Å². The van der Waals surface area contributed by atoms with Crippen molar-refractivity contribution in [3.63, 3.8) is 0 Å². The molecule has 1 atom stereocenters. The van der Waals surface area contributed by atoms with Crippen molar-refractivity contribution < 1.29 is 4.79 Å². The van der Waals surface area contributed by atoms with Crippen LogP contribution in [0, 0.1) is 11.3 Å². The van der Waals surface area contributed by atoms with E-state index in [4.69, 9.17) is 40.1 Å². The zero-order valence-electron chi connectivity index (χ0n) is 11.8. The number of halogens is 3. The van der Waals surface area contributed by atoms with Crippen LogP contribution in [0.3, 0.4) is 0 Å². The summed E-state index contributed by atoms with van der Waals surface area (Å²) >= 11 is 19.2. The molecule has 0 spiro atoms. The molecule has 23 heavy (non-hydrogen) atoms. The zero-order chi connectivity index (χ0) is 17.0. The van der Waals surface area contributed by atoms with E-state index < -0.39 is 5.25 Å². The summed E-state index contributed by atoms with van der Waals surface area (Å²) in [7, 11) is 0. The van der Waals surface area contributed by atoms with Crippen LogP contribution in [0.25, 0.3) is 0 Å². The van der Waals surface area contributed by atoms with Gasteiger partial charge in [-0.2, -0.15) is 5.26 Å². The molecular weight excluding hydrogens is 377 g/mol. The molecule has 4 nitrogen and oxygen atoms in total. The average molecular weight is 387 g/mol. The number of amides is 1. The minimum absolute atomic E-state index is 0.262. The van der Waals surface area contributed by atoms with Crippen LogP contribution in [0.5, 0.6) is 0 Å². The number of rotatable bonds is 4. The van der Waals surface area contributed by atoms with Crippen molar-refractivity contribution in [2.24, 2.45) is 0 Å². The Hall–Kier alpha value is -1.45. The van der Waals surface area contributed by atoms with Gasteiger partial charge in [0.1, 0.15) is 0 Å². The Balaban J connectivity index is 2.10. The standard InChI is InChI=1S/C15H10Cl3N3OS/c1-8(23-13-4-9(7-19)2-3-20-13)15(22)21-14-11(17)5-10(16)6-12(14)18/h2-6,8H,1H3,(H,21,22). The monoisotopic (exact) mass is 385 g/mol. The average Bonchev–Trinajstić information content (AvgIpc) is 2.50. The highest BCUT2D eigenvalue weighted by Crippen LogP contribution is 2.34. The minimum Gasteiger partial charge on any atom is -0.323 e. The fourth-order valence-electron chi connectivity index (χ4n) is 1.66. The Morgan fingerprint density at radius 2 is 1.96 bits per heavy atom. The van der Waals surface area contributed by atoms with Crippen LogP contribution in [0.15, 0.2) is 35.5 Å². The summed E-state index contributed by atoms with van der Waals surface area (Å²) in [6.45, 7) is 1.72. The third-order valence-corrected chi connectivity index (χ3v) is 4.63. The van der Waals surface area contributed by atoms with Crippen LogP contribution in [0.1, 0.15) is 12.5 Å². The number of carbonyl (C=O) groups excluding carboxylic acids is 1. The van der Waals surface area contributed by atoms with Crippen LogP contribution in [-0.2, 0) is 4.79 Å². The molecule has 1 amide bonds. The highest BCUT2D eigenvalue weighted by molar-refractivity contribution is 8.00. The highest BCUT2D eigenvalue weighted by Gasteiger charge is 2.18. The summed E-state index contributed by atoms with van der Waals surface area (Å²) in [6.07, 6.45) is 1.53. The van der Waals surface area contributed by atoms with Crippen LogP contribution >= 0.6 is 46.6 Å². The first-order valence-electron chi connectivity index (χ1n) is 6.39. The van der Waals surface area contributed by atoms with Gasteiger partial charge >= 0.3 is 0 Å². The quantitative estimate of drug-likeness (QED) is 0.748. The van der Waals surface area contributed by atoms with Crippen molar-refractivity contribution >= 4 is 58.2 Å². The first kappa shape index (κ1) is 17.9. The minimum atomic E-state index is -0.459. The second-order valence-electron chi connectivity index (χ2n) is 4.49. The molecule has 0 aliphatic rings. The van der Waals surface area contributed by atoms with E-state index in [9.17, 15) is 4.79 Å². The molecule has 1 aromatic carbocycles. The number of nitrogens with zero attached hydrogens (tertiary/aromatic N) is 2. The molecule has 0 radical (unpaired) electrons. The molecule has 118 valence electrons. The molecule has 0 saturated carbocycles. The summed E-state index contributed by atoms with van der Waals surface area (Å²) < 4.78 is 0. The van der Waals surface area contributed by atoms with Gasteiger partial charge in [0.05, 0.1) is 37.6 Å². The van der Waals surface area contributed by atoms with Gasteiger partial charge in [0.15, 0.2) is 0 Å². The Labute approximate surface area is 152 Å². The Morgan fingerprint density at radius 1 is 1.30 bits per heavy atom. The van der Waals surface area contributed by atoms with Gasteiger partial charge < -0.3 is 5.32 Å². The summed E-state index contributed by atoms with van der Waals surface area (Å²) in [4.78, 5) is 16.4. The predicted octanol–water partition coefficient (Wildman–Crippen LogP) is 5.03. The molecule has 1 aromatic heterocycles. The van der Waals surface area contributed by atoms with Crippen molar-refractivity contribution in [2.45, 2.75) is 17.2 Å². The number of hydrogen-bond donors (Lipinski definition) is 1. The molecular formula is C15H10Cl3N3OS. The van der Waals surface area contributed by atoms with Gasteiger partial charge in [0.2, 0.25) is 5.91 Å². The van der Waals surface area contributed by atoms with Gasteiger partial charge in [-0.15, -0.1) is 0 Å². The summed E-state index contributed by atoms with van der Waals surface area (Å²) in [5.41, 5.74) is 0.799. The van der Waals surface area contributed by atoms with E-state index >= 15 is 0 Å². The maximum absolute atomic E-state index is 12.3. The van der Waals surface area contributed by atoms with E-state index in [1.54, 1.807) is 19.1 Å². The molecule has 0 aliphatic heterocycles. The highest BCUT2D eigenvalue weighted by atomic mass is 35.5.